The Kier molecular flexibility index (Phi) is 4.01. The van der Waals surface area contributed by atoms with E-state index in [0.29, 0.717) is 12.3 Å². The van der Waals surface area contributed by atoms with Crippen LogP contribution in [0.15, 0.2) is 0 Å². The normalized spacial score (nSPS) is 18.5. The second-order valence-corrected chi connectivity index (χ2v) is 4.40. The zero-order chi connectivity index (χ0) is 13.1. The molecule has 0 aromatic carbocycles. The van der Waals surface area contributed by atoms with Crippen LogP contribution in [-0.4, -0.2) is 35.3 Å². The first-order valence-corrected chi connectivity index (χ1v) is 6.49. The molecular weight excluding hydrogens is 232 g/mol. The van der Waals surface area contributed by atoms with Crippen LogP contribution < -0.4 is 0 Å². The van der Waals surface area contributed by atoms with Gasteiger partial charge in [-0.05, 0) is 19.8 Å². The van der Waals surface area contributed by atoms with Crippen LogP contribution in [0.3, 0.4) is 0 Å². The lowest BCUT2D eigenvalue weighted by Gasteiger charge is -2.22. The highest BCUT2D eigenvalue weighted by atomic mass is 16.5. The summed E-state index contributed by atoms with van der Waals surface area (Å²) in [6.07, 6.45) is 2.63. The Labute approximate surface area is 107 Å². The van der Waals surface area contributed by atoms with Crippen molar-refractivity contribution in [1.82, 2.24) is 9.55 Å². The third-order valence-electron chi connectivity index (χ3n) is 3.34. The fraction of sp³-hybridized carbons (Fsp3) is 0.692. The molecule has 1 aliphatic heterocycles. The number of carbonyl (C=O) groups is 1. The van der Waals surface area contributed by atoms with Gasteiger partial charge >= 0.3 is 5.97 Å². The topological polar surface area (TPSA) is 53.3 Å². The zero-order valence-electron chi connectivity index (χ0n) is 11.2. The Bertz CT molecular complexity index is 440. The van der Waals surface area contributed by atoms with E-state index in [-0.39, 0.29) is 12.1 Å². The molecule has 1 atom stereocenters. The molecule has 0 unspecified atom stereocenters. The van der Waals surface area contributed by atoms with Crippen molar-refractivity contribution < 1.29 is 14.3 Å². The van der Waals surface area contributed by atoms with Gasteiger partial charge in [0.2, 0.25) is 0 Å². The number of imidazole rings is 1. The molecule has 0 radical (unpaired) electrons. The van der Waals surface area contributed by atoms with E-state index in [1.54, 1.807) is 7.11 Å². The summed E-state index contributed by atoms with van der Waals surface area (Å²) in [5, 5.41) is 0. The second-order valence-electron chi connectivity index (χ2n) is 4.40. The first-order chi connectivity index (χ1) is 8.71. The maximum atomic E-state index is 12.0. The number of esters is 1. The van der Waals surface area contributed by atoms with E-state index in [2.05, 4.69) is 4.98 Å². The van der Waals surface area contributed by atoms with Crippen molar-refractivity contribution in [3.05, 3.63) is 17.2 Å². The first kappa shape index (κ1) is 13.1. The maximum Gasteiger partial charge on any atom is 0.356 e. The summed E-state index contributed by atoms with van der Waals surface area (Å²) >= 11 is 0. The first-order valence-electron chi connectivity index (χ1n) is 6.49. The maximum absolute atomic E-state index is 12.0. The summed E-state index contributed by atoms with van der Waals surface area (Å²) in [4.78, 5) is 16.5. The lowest BCUT2D eigenvalue weighted by atomic mass is 10.1. The van der Waals surface area contributed by atoms with E-state index in [1.807, 2.05) is 18.4 Å². The highest BCUT2D eigenvalue weighted by molar-refractivity contribution is 5.89. The fourth-order valence-corrected chi connectivity index (χ4v) is 2.40. The third-order valence-corrected chi connectivity index (χ3v) is 3.34. The Morgan fingerprint density at radius 2 is 2.28 bits per heavy atom. The predicted molar refractivity (Wildman–Crippen MR) is 66.7 cm³/mol. The van der Waals surface area contributed by atoms with Gasteiger partial charge in [-0.3, -0.25) is 0 Å². The van der Waals surface area contributed by atoms with Crippen molar-refractivity contribution in [2.45, 2.75) is 45.8 Å². The van der Waals surface area contributed by atoms with Crippen LogP contribution in [0.5, 0.6) is 0 Å². The van der Waals surface area contributed by atoms with Crippen molar-refractivity contribution in [1.29, 1.82) is 0 Å². The molecule has 0 bridgehead atoms. The zero-order valence-corrected chi connectivity index (χ0v) is 11.2. The quantitative estimate of drug-likeness (QED) is 0.763. The average molecular weight is 252 g/mol. The van der Waals surface area contributed by atoms with Crippen LogP contribution >= 0.6 is 0 Å². The molecule has 5 heteroatoms. The minimum Gasteiger partial charge on any atom is -0.461 e. The van der Waals surface area contributed by atoms with E-state index in [4.69, 9.17) is 9.47 Å². The predicted octanol–water partition coefficient (Wildman–Crippen LogP) is 1.58. The third kappa shape index (κ3) is 2.27. The van der Waals surface area contributed by atoms with Crippen LogP contribution in [0, 0.1) is 0 Å². The second kappa shape index (κ2) is 5.52. The molecule has 1 aromatic rings. The van der Waals surface area contributed by atoms with Gasteiger partial charge in [-0.2, -0.15) is 0 Å². The van der Waals surface area contributed by atoms with Crippen LogP contribution in [0.4, 0.5) is 0 Å². The van der Waals surface area contributed by atoms with E-state index in [1.165, 1.54) is 0 Å². The molecule has 1 aromatic heterocycles. The number of methoxy groups -OCH3 is 1. The number of hydrogen-bond acceptors (Lipinski definition) is 4. The number of hydrogen-bond donors (Lipinski definition) is 0. The fourth-order valence-electron chi connectivity index (χ4n) is 2.40. The highest BCUT2D eigenvalue weighted by Gasteiger charge is 2.28. The molecule has 0 fully saturated rings. The van der Waals surface area contributed by atoms with Crippen LogP contribution in [0.25, 0.3) is 0 Å². The van der Waals surface area contributed by atoms with E-state index < -0.39 is 0 Å². The molecule has 0 amide bonds. The average Bonchev–Trinajstić information content (AvgIpc) is 2.76. The highest BCUT2D eigenvalue weighted by Crippen LogP contribution is 2.22. The molecular formula is C13H20N2O3. The lowest BCUT2D eigenvalue weighted by molar-refractivity contribution is 0.0498. The Hall–Kier alpha value is -1.36. The molecule has 0 saturated heterocycles. The van der Waals surface area contributed by atoms with Gasteiger partial charge in [0.05, 0.1) is 18.4 Å². The molecule has 0 aliphatic carbocycles. The van der Waals surface area contributed by atoms with Crippen LogP contribution in [0.1, 0.15) is 42.3 Å². The van der Waals surface area contributed by atoms with Gasteiger partial charge in [-0.1, -0.05) is 6.92 Å². The largest absolute Gasteiger partial charge is 0.461 e. The molecule has 2 rings (SSSR count). The van der Waals surface area contributed by atoms with Gasteiger partial charge in [0, 0.05) is 20.1 Å². The van der Waals surface area contributed by atoms with Crippen LogP contribution in [0.2, 0.25) is 0 Å². The number of nitrogens with zero attached hydrogens (tertiary/aromatic N) is 2. The van der Waals surface area contributed by atoms with E-state index >= 15 is 0 Å². The van der Waals surface area contributed by atoms with Crippen molar-refractivity contribution in [3.63, 3.8) is 0 Å². The molecule has 0 spiro atoms. The SMILES string of the molecule is CCOC(=O)c1c(CC)nc2n1CC[C@H](OC)C2. The summed E-state index contributed by atoms with van der Waals surface area (Å²) in [6, 6.07) is 0. The van der Waals surface area contributed by atoms with Crippen LogP contribution in [-0.2, 0) is 28.9 Å². The Morgan fingerprint density at radius 1 is 1.50 bits per heavy atom. The molecule has 0 saturated carbocycles. The number of carbonyl (C=O) groups excluding carboxylic acids is 1. The van der Waals surface area contributed by atoms with Gasteiger partial charge in [0.1, 0.15) is 5.82 Å². The monoisotopic (exact) mass is 252 g/mol. The van der Waals surface area contributed by atoms with Gasteiger partial charge < -0.3 is 14.0 Å². The van der Waals surface area contributed by atoms with E-state index in [9.17, 15) is 4.79 Å². The number of ether oxygens (including phenoxy) is 2. The molecule has 2 heterocycles. The molecule has 18 heavy (non-hydrogen) atoms. The van der Waals surface area contributed by atoms with Crippen molar-refractivity contribution in [3.8, 4) is 0 Å². The minimum absolute atomic E-state index is 0.208. The summed E-state index contributed by atoms with van der Waals surface area (Å²) in [6.45, 7) is 4.99. The molecule has 1 aliphatic rings. The van der Waals surface area contributed by atoms with E-state index in [0.717, 1.165) is 37.3 Å². The molecule has 5 nitrogen and oxygen atoms in total. The van der Waals surface area contributed by atoms with Crippen molar-refractivity contribution in [2.24, 2.45) is 0 Å². The Morgan fingerprint density at radius 3 is 2.89 bits per heavy atom. The molecule has 100 valence electrons. The summed E-state index contributed by atoms with van der Waals surface area (Å²) < 4.78 is 12.5. The van der Waals surface area contributed by atoms with Gasteiger partial charge in [0.25, 0.3) is 0 Å². The standard InChI is InChI=1S/C13H20N2O3/c1-4-10-12(13(16)18-5-2)15-7-6-9(17-3)8-11(15)14-10/h9H,4-8H2,1-3H3/t9-/m0/s1. The lowest BCUT2D eigenvalue weighted by Crippen LogP contribution is -2.27. The van der Waals surface area contributed by atoms with Crippen molar-refractivity contribution >= 4 is 5.97 Å². The number of aryl methyl sites for hydroxylation is 1. The number of fused-ring (bicyclic) bond motifs is 1. The molecule has 0 N–H and O–H groups in total. The number of aromatic nitrogens is 2. The summed E-state index contributed by atoms with van der Waals surface area (Å²) in [5.74, 6) is 0.678. The number of rotatable bonds is 4. The smallest absolute Gasteiger partial charge is 0.356 e. The van der Waals surface area contributed by atoms with Crippen molar-refractivity contribution in [2.75, 3.05) is 13.7 Å². The summed E-state index contributed by atoms with van der Waals surface area (Å²) in [7, 11) is 1.72. The Balaban J connectivity index is 2.35. The van der Waals surface area contributed by atoms with Gasteiger partial charge in [-0.15, -0.1) is 0 Å². The summed E-state index contributed by atoms with van der Waals surface area (Å²) in [5.41, 5.74) is 1.46. The van der Waals surface area contributed by atoms with Gasteiger partial charge in [-0.25, -0.2) is 9.78 Å². The minimum atomic E-state index is -0.260. The van der Waals surface area contributed by atoms with Gasteiger partial charge in [0.15, 0.2) is 5.69 Å².